The van der Waals surface area contributed by atoms with E-state index in [0.29, 0.717) is 18.0 Å². The quantitative estimate of drug-likeness (QED) is 0.811. The highest BCUT2D eigenvalue weighted by molar-refractivity contribution is 6.31. The largest absolute Gasteiger partial charge is 0.352 e. The Morgan fingerprint density at radius 3 is 2.50 bits per heavy atom. The fourth-order valence-corrected chi connectivity index (χ4v) is 3.28. The van der Waals surface area contributed by atoms with Crippen LogP contribution in [0.1, 0.15) is 17.7 Å². The zero-order valence-electron chi connectivity index (χ0n) is 14.9. The zero-order valence-corrected chi connectivity index (χ0v) is 15.7. The Hall–Kier alpha value is -1.95. The summed E-state index contributed by atoms with van der Waals surface area (Å²) in [5, 5.41) is 3.64. The van der Waals surface area contributed by atoms with E-state index in [1.807, 2.05) is 42.6 Å². The van der Waals surface area contributed by atoms with E-state index >= 15 is 0 Å². The summed E-state index contributed by atoms with van der Waals surface area (Å²) >= 11 is 6.11. The number of carbonyl (C=O) groups is 1. The van der Waals surface area contributed by atoms with Crippen molar-refractivity contribution in [2.45, 2.75) is 19.5 Å². The molecule has 5 nitrogen and oxygen atoms in total. The molecule has 2 heterocycles. The molecule has 1 saturated heterocycles. The van der Waals surface area contributed by atoms with Crippen molar-refractivity contribution in [1.82, 2.24) is 20.1 Å². The van der Waals surface area contributed by atoms with E-state index in [1.165, 1.54) is 0 Å². The normalized spacial score (nSPS) is 15.7. The van der Waals surface area contributed by atoms with Crippen LogP contribution in [0.2, 0.25) is 5.02 Å². The van der Waals surface area contributed by atoms with E-state index in [-0.39, 0.29) is 5.91 Å². The van der Waals surface area contributed by atoms with Crippen LogP contribution in [-0.4, -0.2) is 53.4 Å². The lowest BCUT2D eigenvalue weighted by Crippen LogP contribution is -2.46. The molecule has 0 aliphatic carbocycles. The van der Waals surface area contributed by atoms with Crippen LogP contribution in [0.15, 0.2) is 48.7 Å². The number of nitrogens with zero attached hydrogens (tertiary/aromatic N) is 3. The zero-order chi connectivity index (χ0) is 18.2. The number of hydrogen-bond acceptors (Lipinski definition) is 4. The summed E-state index contributed by atoms with van der Waals surface area (Å²) in [7, 11) is 0. The molecule has 1 aliphatic rings. The molecule has 0 saturated carbocycles. The van der Waals surface area contributed by atoms with E-state index in [2.05, 4.69) is 26.2 Å². The lowest BCUT2D eigenvalue weighted by molar-refractivity contribution is -0.121. The molecule has 6 heteroatoms. The van der Waals surface area contributed by atoms with Gasteiger partial charge in [-0.2, -0.15) is 0 Å². The molecule has 1 aromatic heterocycles. The maximum absolute atomic E-state index is 12.1. The van der Waals surface area contributed by atoms with Crippen molar-refractivity contribution in [3.8, 4) is 0 Å². The van der Waals surface area contributed by atoms with Gasteiger partial charge < -0.3 is 10.2 Å². The maximum atomic E-state index is 12.1. The van der Waals surface area contributed by atoms with Crippen molar-refractivity contribution < 1.29 is 4.79 Å². The predicted molar refractivity (Wildman–Crippen MR) is 104 cm³/mol. The second-order valence-corrected chi connectivity index (χ2v) is 6.96. The first kappa shape index (κ1) is 18.8. The fourth-order valence-electron chi connectivity index (χ4n) is 3.08. The lowest BCUT2D eigenvalue weighted by Gasteiger charge is -2.34. The number of carbonyl (C=O) groups excluding carboxylic acids is 1. The number of hydrogen-bond donors (Lipinski definition) is 1. The molecule has 0 atom stereocenters. The Balaban J connectivity index is 1.33. The van der Waals surface area contributed by atoms with Gasteiger partial charge in [-0.1, -0.05) is 35.9 Å². The highest BCUT2D eigenvalue weighted by Crippen LogP contribution is 2.14. The topological polar surface area (TPSA) is 48.5 Å². The SMILES string of the molecule is O=C(CCN1CCN(Cc2ccccn2)CC1)NCc1ccccc1Cl. The van der Waals surface area contributed by atoms with Gasteiger partial charge in [0.2, 0.25) is 5.91 Å². The van der Waals surface area contributed by atoms with Crippen molar-refractivity contribution in [3.63, 3.8) is 0 Å². The second-order valence-electron chi connectivity index (χ2n) is 6.56. The monoisotopic (exact) mass is 372 g/mol. The summed E-state index contributed by atoms with van der Waals surface area (Å²) in [5.74, 6) is 0.0702. The Bertz CT molecular complexity index is 702. The number of halogens is 1. The minimum atomic E-state index is 0.0702. The number of nitrogens with one attached hydrogen (secondary N) is 1. The van der Waals surface area contributed by atoms with Crippen LogP contribution in [0, 0.1) is 0 Å². The van der Waals surface area contributed by atoms with E-state index in [1.54, 1.807) is 0 Å². The minimum Gasteiger partial charge on any atom is -0.352 e. The van der Waals surface area contributed by atoms with Crippen LogP contribution < -0.4 is 5.32 Å². The molecule has 1 aromatic carbocycles. The summed E-state index contributed by atoms with van der Waals surface area (Å²) in [6.07, 6.45) is 2.36. The minimum absolute atomic E-state index is 0.0702. The fraction of sp³-hybridized carbons (Fsp3) is 0.400. The van der Waals surface area contributed by atoms with Gasteiger partial charge in [-0.15, -0.1) is 0 Å². The van der Waals surface area contributed by atoms with E-state index in [9.17, 15) is 4.79 Å². The van der Waals surface area contributed by atoms with Crippen LogP contribution in [0.4, 0.5) is 0 Å². The number of aromatic nitrogens is 1. The molecule has 26 heavy (non-hydrogen) atoms. The molecule has 1 N–H and O–H groups in total. The van der Waals surface area contributed by atoms with Crippen molar-refractivity contribution in [2.24, 2.45) is 0 Å². The van der Waals surface area contributed by atoms with E-state index in [4.69, 9.17) is 11.6 Å². The van der Waals surface area contributed by atoms with Crippen molar-refractivity contribution in [2.75, 3.05) is 32.7 Å². The number of amides is 1. The third-order valence-electron chi connectivity index (χ3n) is 4.67. The second kappa shape index (κ2) is 9.67. The lowest BCUT2D eigenvalue weighted by atomic mass is 10.2. The third-order valence-corrected chi connectivity index (χ3v) is 5.03. The van der Waals surface area contributed by atoms with Crippen molar-refractivity contribution in [1.29, 1.82) is 0 Å². The molecule has 1 fully saturated rings. The Labute approximate surface area is 160 Å². The van der Waals surface area contributed by atoms with E-state index in [0.717, 1.165) is 50.5 Å². The summed E-state index contributed by atoms with van der Waals surface area (Å²) in [5.41, 5.74) is 2.06. The highest BCUT2D eigenvalue weighted by atomic mass is 35.5. The number of rotatable bonds is 7. The van der Waals surface area contributed by atoms with Crippen LogP contribution in [0.25, 0.3) is 0 Å². The first-order valence-corrected chi connectivity index (χ1v) is 9.43. The standard InChI is InChI=1S/C20H25ClN4O/c21-19-7-2-1-5-17(19)15-23-20(26)8-10-24-11-13-25(14-12-24)16-18-6-3-4-9-22-18/h1-7,9H,8,10-16H2,(H,23,26). The first-order chi connectivity index (χ1) is 12.7. The molecular weight excluding hydrogens is 348 g/mol. The number of piperazine rings is 1. The van der Waals surface area contributed by atoms with Gasteiger partial charge in [0, 0.05) is 63.5 Å². The van der Waals surface area contributed by atoms with Crippen LogP contribution in [0.3, 0.4) is 0 Å². The molecule has 1 aliphatic heterocycles. The molecular formula is C20H25ClN4O. The predicted octanol–water partition coefficient (Wildman–Crippen LogP) is 2.56. The number of pyridine rings is 1. The maximum Gasteiger partial charge on any atom is 0.221 e. The molecule has 0 unspecified atom stereocenters. The Morgan fingerprint density at radius 2 is 1.77 bits per heavy atom. The van der Waals surface area contributed by atoms with Gasteiger partial charge in [-0.05, 0) is 23.8 Å². The molecule has 3 rings (SSSR count). The van der Waals surface area contributed by atoms with Gasteiger partial charge in [0.1, 0.15) is 0 Å². The van der Waals surface area contributed by atoms with Crippen LogP contribution >= 0.6 is 11.6 Å². The van der Waals surface area contributed by atoms with Gasteiger partial charge >= 0.3 is 0 Å². The summed E-state index contributed by atoms with van der Waals surface area (Å²) in [6, 6.07) is 13.6. The third kappa shape index (κ3) is 5.80. The van der Waals surface area contributed by atoms with Gasteiger partial charge in [-0.25, -0.2) is 0 Å². The molecule has 138 valence electrons. The average Bonchev–Trinajstić information content (AvgIpc) is 2.68. The van der Waals surface area contributed by atoms with Crippen molar-refractivity contribution >= 4 is 17.5 Å². The van der Waals surface area contributed by atoms with Crippen LogP contribution in [-0.2, 0) is 17.9 Å². The summed E-state index contributed by atoms with van der Waals surface area (Å²) in [6.45, 7) is 6.18. The van der Waals surface area contributed by atoms with Gasteiger partial charge in [0.25, 0.3) is 0 Å². The Kier molecular flexibility index (Phi) is 7.00. The molecule has 0 radical (unpaired) electrons. The highest BCUT2D eigenvalue weighted by Gasteiger charge is 2.17. The summed E-state index contributed by atoms with van der Waals surface area (Å²) in [4.78, 5) is 21.2. The molecule has 0 bridgehead atoms. The van der Waals surface area contributed by atoms with Crippen LogP contribution in [0.5, 0.6) is 0 Å². The smallest absolute Gasteiger partial charge is 0.221 e. The molecule has 0 spiro atoms. The van der Waals surface area contributed by atoms with Gasteiger partial charge in [0.05, 0.1) is 5.69 Å². The van der Waals surface area contributed by atoms with E-state index < -0.39 is 0 Å². The van der Waals surface area contributed by atoms with Crippen molar-refractivity contribution in [3.05, 3.63) is 64.9 Å². The molecule has 2 aromatic rings. The first-order valence-electron chi connectivity index (χ1n) is 9.05. The van der Waals surface area contributed by atoms with Gasteiger partial charge in [0.15, 0.2) is 0 Å². The number of benzene rings is 1. The summed E-state index contributed by atoms with van der Waals surface area (Å²) < 4.78 is 0. The Morgan fingerprint density at radius 1 is 1.04 bits per heavy atom. The average molecular weight is 373 g/mol. The molecule has 1 amide bonds. The van der Waals surface area contributed by atoms with Gasteiger partial charge in [-0.3, -0.25) is 14.7 Å².